The van der Waals surface area contributed by atoms with Crippen molar-refractivity contribution in [3.63, 3.8) is 0 Å². The summed E-state index contributed by atoms with van der Waals surface area (Å²) in [7, 11) is 1.36. The van der Waals surface area contributed by atoms with Gasteiger partial charge in [0.1, 0.15) is 5.75 Å². The summed E-state index contributed by atoms with van der Waals surface area (Å²) in [6.45, 7) is 2.45. The Bertz CT molecular complexity index is 657. The van der Waals surface area contributed by atoms with Crippen LogP contribution in [0.15, 0.2) is 18.2 Å². The third-order valence-corrected chi connectivity index (χ3v) is 3.91. The summed E-state index contributed by atoms with van der Waals surface area (Å²) in [4.78, 5) is 38.1. The molecule has 1 saturated heterocycles. The molecule has 2 amide bonds. The number of piperazine rings is 1. The summed E-state index contributed by atoms with van der Waals surface area (Å²) < 4.78 is 5.05. The van der Waals surface area contributed by atoms with Gasteiger partial charge in [0.15, 0.2) is 0 Å². The number of anilines is 1. The van der Waals surface area contributed by atoms with Crippen molar-refractivity contribution in [2.24, 2.45) is 0 Å². The minimum atomic E-state index is -0.880. The number of carbonyl (C=O) groups excluding carboxylic acids is 2. The highest BCUT2D eigenvalue weighted by atomic mass is 16.6. The summed E-state index contributed by atoms with van der Waals surface area (Å²) >= 11 is 0. The fraction of sp³-hybridized carbons (Fsp3) is 0.467. The summed E-state index contributed by atoms with van der Waals surface area (Å²) in [6, 6.07) is 3.74. The fourth-order valence-electron chi connectivity index (χ4n) is 2.54. The number of nitrogens with zero attached hydrogens (tertiary/aromatic N) is 3. The van der Waals surface area contributed by atoms with E-state index in [0.717, 1.165) is 6.07 Å². The van der Waals surface area contributed by atoms with Gasteiger partial charge in [-0.25, -0.2) is 0 Å². The number of β-amino-alcohol motifs (C(OH)–C–C–N with tert-alkyl or cyclic N) is 1. The van der Waals surface area contributed by atoms with Crippen molar-refractivity contribution in [3.8, 4) is 5.75 Å². The highest BCUT2D eigenvalue weighted by Crippen LogP contribution is 2.28. The molecule has 1 heterocycles. The molecule has 0 radical (unpaired) electrons. The van der Waals surface area contributed by atoms with Gasteiger partial charge in [-0.3, -0.25) is 24.6 Å². The van der Waals surface area contributed by atoms with Crippen molar-refractivity contribution in [1.82, 2.24) is 9.80 Å². The van der Waals surface area contributed by atoms with Crippen LogP contribution in [-0.4, -0.2) is 78.1 Å². The molecule has 25 heavy (non-hydrogen) atoms. The first-order chi connectivity index (χ1) is 12.0. The van der Waals surface area contributed by atoms with Crippen LogP contribution in [0.25, 0.3) is 0 Å². The normalized spacial score (nSPS) is 14.9. The largest absolute Gasteiger partial charge is 0.495 e. The Hall–Kier alpha value is -2.72. The smallest absolute Gasteiger partial charge is 0.314 e. The maximum atomic E-state index is 12.3. The second-order valence-electron chi connectivity index (χ2n) is 5.45. The molecule has 10 nitrogen and oxygen atoms in total. The van der Waals surface area contributed by atoms with E-state index in [1.165, 1.54) is 24.1 Å². The first-order valence-electron chi connectivity index (χ1n) is 7.72. The Kier molecular flexibility index (Phi) is 6.25. The van der Waals surface area contributed by atoms with Crippen molar-refractivity contribution in [3.05, 3.63) is 28.3 Å². The predicted octanol–water partition coefficient (Wildman–Crippen LogP) is -0.322. The van der Waals surface area contributed by atoms with Crippen molar-refractivity contribution < 1.29 is 24.4 Å². The third kappa shape index (κ3) is 4.64. The number of rotatable bonds is 5. The highest BCUT2D eigenvalue weighted by molar-refractivity contribution is 6.39. The number of nitrogens with one attached hydrogen (secondary N) is 1. The molecule has 0 aliphatic carbocycles. The zero-order valence-electron chi connectivity index (χ0n) is 13.8. The van der Waals surface area contributed by atoms with E-state index >= 15 is 0 Å². The minimum Gasteiger partial charge on any atom is -0.495 e. The first-order valence-corrected chi connectivity index (χ1v) is 7.72. The van der Waals surface area contributed by atoms with E-state index in [1.54, 1.807) is 0 Å². The molecule has 0 aromatic heterocycles. The van der Waals surface area contributed by atoms with E-state index in [4.69, 9.17) is 9.84 Å². The van der Waals surface area contributed by atoms with Crippen molar-refractivity contribution in [1.29, 1.82) is 0 Å². The van der Waals surface area contributed by atoms with Crippen molar-refractivity contribution >= 4 is 23.2 Å². The predicted molar refractivity (Wildman–Crippen MR) is 88.4 cm³/mol. The molecule has 0 bridgehead atoms. The molecular weight excluding hydrogens is 332 g/mol. The van der Waals surface area contributed by atoms with Gasteiger partial charge in [0.05, 0.1) is 24.3 Å². The average molecular weight is 352 g/mol. The van der Waals surface area contributed by atoms with Crippen LogP contribution < -0.4 is 10.1 Å². The van der Waals surface area contributed by atoms with Gasteiger partial charge in [-0.15, -0.1) is 0 Å². The molecule has 10 heteroatoms. The number of non-ortho nitro benzene ring substituents is 1. The number of hydrogen-bond acceptors (Lipinski definition) is 7. The number of hydrogen-bond donors (Lipinski definition) is 2. The van der Waals surface area contributed by atoms with Crippen LogP contribution >= 0.6 is 0 Å². The lowest BCUT2D eigenvalue weighted by Crippen LogP contribution is -2.52. The quantitative estimate of drug-likeness (QED) is 0.422. The van der Waals surface area contributed by atoms with Crippen molar-refractivity contribution in [2.75, 3.05) is 51.8 Å². The van der Waals surface area contributed by atoms with Gasteiger partial charge >= 0.3 is 11.8 Å². The van der Waals surface area contributed by atoms with Crippen LogP contribution in [0.5, 0.6) is 5.75 Å². The number of methoxy groups -OCH3 is 1. The van der Waals surface area contributed by atoms with Gasteiger partial charge < -0.3 is 20.1 Å². The SMILES string of the molecule is COc1ccc([N+](=O)[O-])cc1NC(=O)C(=O)N1CCN(CCO)CC1. The van der Waals surface area contributed by atoms with Crippen LogP contribution in [0, 0.1) is 10.1 Å². The van der Waals surface area contributed by atoms with E-state index in [0.29, 0.717) is 32.7 Å². The lowest BCUT2D eigenvalue weighted by atomic mass is 10.2. The summed E-state index contributed by atoms with van der Waals surface area (Å²) in [5.41, 5.74) is -0.157. The molecule has 2 N–H and O–H groups in total. The fourth-order valence-corrected chi connectivity index (χ4v) is 2.54. The number of nitro benzene ring substituents is 1. The highest BCUT2D eigenvalue weighted by Gasteiger charge is 2.26. The van der Waals surface area contributed by atoms with Gasteiger partial charge in [0.25, 0.3) is 5.69 Å². The van der Waals surface area contributed by atoms with Crippen LogP contribution in [0.3, 0.4) is 0 Å². The second kappa shape index (κ2) is 8.40. The standard InChI is InChI=1S/C15H20N4O6/c1-25-13-3-2-11(19(23)24)10-12(13)16-14(21)15(22)18-6-4-17(5-7-18)8-9-20/h2-3,10,20H,4-9H2,1H3,(H,16,21). The monoisotopic (exact) mass is 352 g/mol. The first kappa shape index (κ1) is 18.6. The Balaban J connectivity index is 2.03. The van der Waals surface area contributed by atoms with E-state index in [1.807, 2.05) is 4.90 Å². The van der Waals surface area contributed by atoms with E-state index in [2.05, 4.69) is 5.32 Å². The molecule has 0 saturated carbocycles. The van der Waals surface area contributed by atoms with E-state index in [-0.39, 0.29) is 23.7 Å². The number of benzene rings is 1. The summed E-state index contributed by atoms with van der Waals surface area (Å²) in [6.07, 6.45) is 0. The minimum absolute atomic E-state index is 0.0427. The molecule has 1 fully saturated rings. The molecule has 2 rings (SSSR count). The number of nitro groups is 1. The van der Waals surface area contributed by atoms with E-state index in [9.17, 15) is 19.7 Å². The molecule has 136 valence electrons. The van der Waals surface area contributed by atoms with E-state index < -0.39 is 16.7 Å². The molecular formula is C15H20N4O6. The maximum Gasteiger partial charge on any atom is 0.314 e. The molecule has 0 atom stereocenters. The number of ether oxygens (including phenoxy) is 1. The summed E-state index contributed by atoms with van der Waals surface area (Å²) in [5, 5.41) is 22.1. The Morgan fingerprint density at radius 3 is 2.56 bits per heavy atom. The third-order valence-electron chi connectivity index (χ3n) is 3.91. The lowest BCUT2D eigenvalue weighted by molar-refractivity contribution is -0.384. The molecule has 0 unspecified atom stereocenters. The number of aliphatic hydroxyl groups is 1. The van der Waals surface area contributed by atoms with Gasteiger partial charge in [-0.2, -0.15) is 0 Å². The number of aliphatic hydroxyl groups excluding tert-OH is 1. The second-order valence-corrected chi connectivity index (χ2v) is 5.45. The Morgan fingerprint density at radius 1 is 1.32 bits per heavy atom. The zero-order valence-corrected chi connectivity index (χ0v) is 13.8. The Morgan fingerprint density at radius 2 is 2.00 bits per heavy atom. The molecule has 1 aromatic rings. The van der Waals surface area contributed by atoms with Crippen LogP contribution in [0.2, 0.25) is 0 Å². The lowest BCUT2D eigenvalue weighted by Gasteiger charge is -2.33. The van der Waals surface area contributed by atoms with Gasteiger partial charge in [0, 0.05) is 44.9 Å². The summed E-state index contributed by atoms with van der Waals surface area (Å²) in [5.74, 6) is -1.37. The zero-order chi connectivity index (χ0) is 18.4. The Labute approximate surface area is 144 Å². The van der Waals surface area contributed by atoms with Gasteiger partial charge in [-0.1, -0.05) is 0 Å². The molecule has 0 spiro atoms. The maximum absolute atomic E-state index is 12.3. The number of amides is 2. The number of carbonyl (C=O) groups is 2. The molecule has 1 aromatic carbocycles. The average Bonchev–Trinajstić information content (AvgIpc) is 2.61. The van der Waals surface area contributed by atoms with Crippen LogP contribution in [-0.2, 0) is 9.59 Å². The van der Waals surface area contributed by atoms with Gasteiger partial charge in [-0.05, 0) is 6.07 Å². The topological polar surface area (TPSA) is 125 Å². The van der Waals surface area contributed by atoms with Gasteiger partial charge in [0.2, 0.25) is 0 Å². The molecule has 1 aliphatic heterocycles. The van der Waals surface area contributed by atoms with Crippen molar-refractivity contribution in [2.45, 2.75) is 0 Å². The van der Waals surface area contributed by atoms with Crippen LogP contribution in [0.4, 0.5) is 11.4 Å². The van der Waals surface area contributed by atoms with Crippen LogP contribution in [0.1, 0.15) is 0 Å². The molecule has 1 aliphatic rings.